The van der Waals surface area contributed by atoms with E-state index in [9.17, 15) is 4.79 Å². The van der Waals surface area contributed by atoms with Gasteiger partial charge in [-0.25, -0.2) is 4.98 Å². The second-order valence-corrected chi connectivity index (χ2v) is 8.72. The Morgan fingerprint density at radius 3 is 2.69 bits per heavy atom. The molecule has 0 saturated carbocycles. The van der Waals surface area contributed by atoms with Crippen LogP contribution in [0.1, 0.15) is 23.2 Å². The lowest BCUT2D eigenvalue weighted by Gasteiger charge is -2.31. The molecule has 4 nitrogen and oxygen atoms in total. The monoisotopic (exact) mass is 498 g/mol. The largest absolute Gasteiger partial charge is 0.467 e. The van der Waals surface area contributed by atoms with E-state index in [1.165, 1.54) is 11.3 Å². The number of carbonyl (C=O) groups is 1. The van der Waals surface area contributed by atoms with Crippen LogP contribution in [0.2, 0.25) is 5.02 Å². The van der Waals surface area contributed by atoms with Gasteiger partial charge in [0.05, 0.1) is 15.3 Å². The van der Waals surface area contributed by atoms with Crippen LogP contribution < -0.4 is 4.74 Å². The summed E-state index contributed by atoms with van der Waals surface area (Å²) < 4.78 is 8.07. The van der Waals surface area contributed by atoms with E-state index < -0.39 is 0 Å². The quantitative estimate of drug-likeness (QED) is 0.464. The lowest BCUT2D eigenvalue weighted by molar-refractivity contribution is 0.0594. The van der Waals surface area contributed by atoms with E-state index in [-0.39, 0.29) is 12.0 Å². The summed E-state index contributed by atoms with van der Waals surface area (Å²) in [6.45, 7) is 1.39. The standard InChI is InChI=1S/C19H16ClIN2O2S/c20-14-5-3-7-16-17(14)22-19(26-16)25-12-8-10-23(11-9-12)18(24)13-4-1-2-6-15(13)21/h1-7,12H,8-11H2. The molecule has 1 aromatic heterocycles. The fourth-order valence-corrected chi connectivity index (χ4v) is 4.87. The van der Waals surface area contributed by atoms with Crippen LogP contribution in [-0.2, 0) is 0 Å². The molecule has 0 N–H and O–H groups in total. The molecule has 0 unspecified atom stereocenters. The molecule has 1 saturated heterocycles. The van der Waals surface area contributed by atoms with Gasteiger partial charge in [-0.3, -0.25) is 4.79 Å². The van der Waals surface area contributed by atoms with Crippen molar-refractivity contribution in [3.05, 3.63) is 56.6 Å². The SMILES string of the molecule is O=C(c1ccccc1I)N1CCC(Oc2nc3c(Cl)cccc3s2)CC1. The van der Waals surface area contributed by atoms with Crippen LogP contribution in [0.15, 0.2) is 42.5 Å². The highest BCUT2D eigenvalue weighted by molar-refractivity contribution is 14.1. The van der Waals surface area contributed by atoms with E-state index in [1.54, 1.807) is 0 Å². The summed E-state index contributed by atoms with van der Waals surface area (Å²) in [5.41, 5.74) is 1.56. The minimum absolute atomic E-state index is 0.0771. The molecule has 0 radical (unpaired) electrons. The molecule has 134 valence electrons. The second-order valence-electron chi connectivity index (χ2n) is 6.16. The van der Waals surface area contributed by atoms with Crippen molar-refractivity contribution >= 4 is 61.7 Å². The van der Waals surface area contributed by atoms with Crippen LogP contribution in [0.4, 0.5) is 0 Å². The molecule has 1 aliphatic rings. The molecular weight excluding hydrogens is 483 g/mol. The van der Waals surface area contributed by atoms with E-state index in [1.807, 2.05) is 47.4 Å². The number of ether oxygens (including phenoxy) is 1. The fourth-order valence-electron chi connectivity index (χ4n) is 3.07. The molecular formula is C19H16ClIN2O2S. The first-order valence-corrected chi connectivity index (χ1v) is 10.6. The van der Waals surface area contributed by atoms with Crippen molar-refractivity contribution in [1.82, 2.24) is 9.88 Å². The number of aromatic nitrogens is 1. The first kappa shape index (κ1) is 18.0. The molecule has 0 spiro atoms. The summed E-state index contributed by atoms with van der Waals surface area (Å²) in [5, 5.41) is 1.29. The number of halogens is 2. The van der Waals surface area contributed by atoms with Gasteiger partial charge in [-0.05, 0) is 46.9 Å². The van der Waals surface area contributed by atoms with Crippen LogP contribution >= 0.6 is 45.5 Å². The van der Waals surface area contributed by atoms with Gasteiger partial charge in [0.15, 0.2) is 0 Å². The highest BCUT2D eigenvalue weighted by Crippen LogP contribution is 2.33. The number of thiazole rings is 1. The average molecular weight is 499 g/mol. The maximum absolute atomic E-state index is 12.7. The Morgan fingerprint density at radius 1 is 1.19 bits per heavy atom. The van der Waals surface area contributed by atoms with Crippen LogP contribution in [0.5, 0.6) is 5.19 Å². The summed E-state index contributed by atoms with van der Waals surface area (Å²) in [7, 11) is 0. The van der Waals surface area contributed by atoms with E-state index in [4.69, 9.17) is 16.3 Å². The van der Waals surface area contributed by atoms with Gasteiger partial charge in [-0.15, -0.1) is 0 Å². The molecule has 0 bridgehead atoms. The topological polar surface area (TPSA) is 42.4 Å². The number of hydrogen-bond donors (Lipinski definition) is 0. The van der Waals surface area contributed by atoms with E-state index in [2.05, 4.69) is 27.6 Å². The van der Waals surface area contributed by atoms with Crippen molar-refractivity contribution in [1.29, 1.82) is 0 Å². The number of rotatable bonds is 3. The van der Waals surface area contributed by atoms with Crippen molar-refractivity contribution in [3.8, 4) is 5.19 Å². The predicted octanol–water partition coefficient (Wildman–Crippen LogP) is 5.24. The Labute approximate surface area is 174 Å². The Balaban J connectivity index is 1.39. The fraction of sp³-hybridized carbons (Fsp3) is 0.263. The smallest absolute Gasteiger partial charge is 0.274 e. The van der Waals surface area contributed by atoms with Crippen LogP contribution in [0.3, 0.4) is 0 Å². The summed E-state index contributed by atoms with van der Waals surface area (Å²) in [4.78, 5) is 19.1. The zero-order valence-electron chi connectivity index (χ0n) is 13.8. The molecule has 2 aromatic carbocycles. The molecule has 0 atom stereocenters. The van der Waals surface area contributed by atoms with E-state index in [0.717, 1.165) is 32.2 Å². The highest BCUT2D eigenvalue weighted by Gasteiger charge is 2.26. The maximum Gasteiger partial charge on any atom is 0.274 e. The normalized spacial score (nSPS) is 15.4. The van der Waals surface area contributed by atoms with Crippen LogP contribution in [-0.4, -0.2) is 35.0 Å². The Morgan fingerprint density at radius 2 is 1.96 bits per heavy atom. The van der Waals surface area contributed by atoms with Gasteiger partial charge in [-0.2, -0.15) is 0 Å². The number of para-hydroxylation sites is 1. The zero-order chi connectivity index (χ0) is 18.1. The van der Waals surface area contributed by atoms with Crippen LogP contribution in [0, 0.1) is 3.57 Å². The third-order valence-electron chi connectivity index (χ3n) is 4.45. The van der Waals surface area contributed by atoms with E-state index in [0.29, 0.717) is 23.3 Å². The molecule has 4 rings (SSSR count). The van der Waals surface area contributed by atoms with Gasteiger partial charge in [-0.1, -0.05) is 41.1 Å². The van der Waals surface area contributed by atoms with Gasteiger partial charge in [0.25, 0.3) is 11.1 Å². The second kappa shape index (κ2) is 7.70. The van der Waals surface area contributed by atoms with Gasteiger partial charge in [0.2, 0.25) is 0 Å². The summed E-state index contributed by atoms with van der Waals surface area (Å²) in [6.07, 6.45) is 1.69. The molecule has 1 fully saturated rings. The van der Waals surface area contributed by atoms with Crippen molar-refractivity contribution in [3.63, 3.8) is 0 Å². The first-order chi connectivity index (χ1) is 12.6. The molecule has 0 aliphatic carbocycles. The van der Waals surface area contributed by atoms with Gasteiger partial charge in [0.1, 0.15) is 11.6 Å². The number of benzene rings is 2. The molecule has 7 heteroatoms. The summed E-state index contributed by atoms with van der Waals surface area (Å²) in [5.74, 6) is 0.0974. The number of nitrogens with zero attached hydrogens (tertiary/aromatic N) is 2. The lowest BCUT2D eigenvalue weighted by atomic mass is 10.1. The molecule has 2 heterocycles. The number of piperidine rings is 1. The van der Waals surface area contributed by atoms with Crippen molar-refractivity contribution in [2.45, 2.75) is 18.9 Å². The van der Waals surface area contributed by atoms with Gasteiger partial charge < -0.3 is 9.64 Å². The Kier molecular flexibility index (Phi) is 5.33. The minimum atomic E-state index is 0.0771. The molecule has 26 heavy (non-hydrogen) atoms. The Bertz CT molecular complexity index is 954. The van der Waals surface area contributed by atoms with Gasteiger partial charge >= 0.3 is 0 Å². The van der Waals surface area contributed by atoms with E-state index >= 15 is 0 Å². The van der Waals surface area contributed by atoms with Gasteiger partial charge in [0, 0.05) is 29.5 Å². The first-order valence-electron chi connectivity index (χ1n) is 8.37. The molecule has 1 amide bonds. The number of hydrogen-bond acceptors (Lipinski definition) is 4. The summed E-state index contributed by atoms with van der Waals surface area (Å²) >= 11 is 9.90. The number of amides is 1. The minimum Gasteiger partial charge on any atom is -0.467 e. The lowest BCUT2D eigenvalue weighted by Crippen LogP contribution is -2.42. The molecule has 1 aliphatic heterocycles. The average Bonchev–Trinajstić information content (AvgIpc) is 3.06. The van der Waals surface area contributed by atoms with Crippen molar-refractivity contribution < 1.29 is 9.53 Å². The third-order valence-corrected chi connectivity index (χ3v) is 6.61. The predicted molar refractivity (Wildman–Crippen MR) is 113 cm³/mol. The summed E-state index contributed by atoms with van der Waals surface area (Å²) in [6, 6.07) is 13.4. The number of fused-ring (bicyclic) bond motifs is 1. The Hall–Kier alpha value is -1.38. The highest BCUT2D eigenvalue weighted by atomic mass is 127. The zero-order valence-corrected chi connectivity index (χ0v) is 17.6. The van der Waals surface area contributed by atoms with Crippen LogP contribution in [0.25, 0.3) is 10.2 Å². The van der Waals surface area contributed by atoms with Crippen molar-refractivity contribution in [2.75, 3.05) is 13.1 Å². The molecule has 3 aromatic rings. The maximum atomic E-state index is 12.7. The number of likely N-dealkylation sites (tertiary alicyclic amines) is 1. The van der Waals surface area contributed by atoms with Crippen molar-refractivity contribution in [2.24, 2.45) is 0 Å². The third kappa shape index (κ3) is 3.68. The number of carbonyl (C=O) groups excluding carboxylic acids is 1.